The third-order valence-electron chi connectivity index (χ3n) is 6.49. The largest absolute Gasteiger partial charge is 0.373 e. The van der Waals surface area contributed by atoms with Gasteiger partial charge >= 0.3 is 0 Å². The van der Waals surface area contributed by atoms with Gasteiger partial charge in [-0.2, -0.15) is 0 Å². The lowest BCUT2D eigenvalue weighted by Crippen LogP contribution is -2.45. The van der Waals surface area contributed by atoms with Crippen LogP contribution in [0.25, 0.3) is 22.3 Å². The van der Waals surface area contributed by atoms with Crippen molar-refractivity contribution in [3.8, 4) is 11.3 Å². The molecule has 1 fully saturated rings. The summed E-state index contributed by atoms with van der Waals surface area (Å²) in [5.41, 5.74) is 5.25. The van der Waals surface area contributed by atoms with Crippen molar-refractivity contribution in [1.29, 1.82) is 0 Å². The molecule has 0 saturated carbocycles. The SMILES string of the molecule is CC1CN(Cc2nc(Nc3ccc(C(C)(C)C)cc3)c3ncc(-c4ncccc4Cl)cc3n2)CC(C)O1. The average molecular weight is 517 g/mol. The van der Waals surface area contributed by atoms with Crippen molar-refractivity contribution in [1.82, 2.24) is 24.8 Å². The second kappa shape index (κ2) is 10.3. The van der Waals surface area contributed by atoms with E-state index < -0.39 is 0 Å². The highest BCUT2D eigenvalue weighted by molar-refractivity contribution is 6.33. The molecule has 192 valence electrons. The number of halogens is 1. The first-order chi connectivity index (χ1) is 17.7. The fourth-order valence-electron chi connectivity index (χ4n) is 4.76. The molecule has 7 nitrogen and oxygen atoms in total. The van der Waals surface area contributed by atoms with Gasteiger partial charge < -0.3 is 10.1 Å². The summed E-state index contributed by atoms with van der Waals surface area (Å²) in [5, 5.41) is 4.07. The zero-order valence-electron chi connectivity index (χ0n) is 22.0. The van der Waals surface area contributed by atoms with E-state index in [0.717, 1.165) is 35.7 Å². The van der Waals surface area contributed by atoms with E-state index >= 15 is 0 Å². The molecule has 1 aromatic carbocycles. The number of morpholine rings is 1. The molecular weight excluding hydrogens is 484 g/mol. The van der Waals surface area contributed by atoms with E-state index in [1.165, 1.54) is 5.56 Å². The fourth-order valence-corrected chi connectivity index (χ4v) is 4.99. The van der Waals surface area contributed by atoms with Crippen LogP contribution in [0.15, 0.2) is 54.9 Å². The lowest BCUT2D eigenvalue weighted by molar-refractivity contribution is -0.0710. The van der Waals surface area contributed by atoms with E-state index in [1.54, 1.807) is 12.4 Å². The first-order valence-corrected chi connectivity index (χ1v) is 13.1. The second-order valence-electron chi connectivity index (χ2n) is 10.8. The van der Waals surface area contributed by atoms with E-state index in [-0.39, 0.29) is 17.6 Å². The molecule has 0 spiro atoms. The molecular formula is C29H33ClN6O. The van der Waals surface area contributed by atoms with Gasteiger partial charge in [0, 0.05) is 36.7 Å². The molecule has 4 aromatic rings. The van der Waals surface area contributed by atoms with Gasteiger partial charge in [0.25, 0.3) is 0 Å². The Balaban J connectivity index is 1.54. The molecule has 0 radical (unpaired) electrons. The summed E-state index contributed by atoms with van der Waals surface area (Å²) < 4.78 is 5.91. The monoisotopic (exact) mass is 516 g/mol. The first kappa shape index (κ1) is 25.5. The molecule has 1 aliphatic heterocycles. The molecule has 0 bridgehead atoms. The standard InChI is InChI=1S/C29H33ClN6O/c1-18-15-36(16-19(2)37-18)17-25-34-24-13-20(26-23(30)7-6-12-31-26)14-32-27(24)28(35-25)33-22-10-8-21(9-11-22)29(3,4)5/h6-14,18-19H,15-17H2,1-5H3,(H,33,34,35). The van der Waals surface area contributed by atoms with Crippen LogP contribution in [0.1, 0.15) is 46.0 Å². The third kappa shape index (κ3) is 5.90. The minimum absolute atomic E-state index is 0.0877. The van der Waals surface area contributed by atoms with Crippen molar-refractivity contribution in [3.05, 3.63) is 71.3 Å². The zero-order chi connectivity index (χ0) is 26.2. The van der Waals surface area contributed by atoms with Crippen LogP contribution in [0.5, 0.6) is 0 Å². The summed E-state index contributed by atoms with van der Waals surface area (Å²) in [6.07, 6.45) is 3.84. The van der Waals surface area contributed by atoms with E-state index in [9.17, 15) is 0 Å². The number of pyridine rings is 2. The summed E-state index contributed by atoms with van der Waals surface area (Å²) in [5.74, 6) is 1.41. The number of anilines is 2. The number of rotatable bonds is 5. The molecule has 2 unspecified atom stereocenters. The van der Waals surface area contributed by atoms with Crippen LogP contribution in [-0.4, -0.2) is 50.1 Å². The van der Waals surface area contributed by atoms with Gasteiger partial charge in [0.05, 0.1) is 35.0 Å². The molecule has 1 aliphatic rings. The number of benzene rings is 1. The Morgan fingerprint density at radius 3 is 2.43 bits per heavy atom. The predicted octanol–water partition coefficient (Wildman–Crippen LogP) is 6.39. The van der Waals surface area contributed by atoms with Crippen LogP contribution in [-0.2, 0) is 16.7 Å². The maximum Gasteiger partial charge on any atom is 0.160 e. The minimum atomic E-state index is 0.0877. The maximum absolute atomic E-state index is 6.43. The van der Waals surface area contributed by atoms with Crippen LogP contribution < -0.4 is 5.32 Å². The normalized spacial score (nSPS) is 18.8. The zero-order valence-corrected chi connectivity index (χ0v) is 22.8. The third-order valence-corrected chi connectivity index (χ3v) is 6.79. The molecule has 37 heavy (non-hydrogen) atoms. The Kier molecular flexibility index (Phi) is 7.12. The lowest BCUT2D eigenvalue weighted by Gasteiger charge is -2.34. The van der Waals surface area contributed by atoms with Crippen molar-refractivity contribution < 1.29 is 4.74 Å². The van der Waals surface area contributed by atoms with Crippen LogP contribution in [0.4, 0.5) is 11.5 Å². The Morgan fingerprint density at radius 2 is 1.76 bits per heavy atom. The number of hydrogen-bond acceptors (Lipinski definition) is 7. The van der Waals surface area contributed by atoms with Crippen LogP contribution in [0, 0.1) is 0 Å². The van der Waals surface area contributed by atoms with Gasteiger partial charge in [-0.25, -0.2) is 15.0 Å². The Bertz CT molecular complexity index is 1390. The number of nitrogens with one attached hydrogen (secondary N) is 1. The number of hydrogen-bond donors (Lipinski definition) is 1. The van der Waals surface area contributed by atoms with E-state index in [1.807, 2.05) is 18.2 Å². The van der Waals surface area contributed by atoms with Crippen LogP contribution >= 0.6 is 11.6 Å². The van der Waals surface area contributed by atoms with Crippen LogP contribution in [0.2, 0.25) is 5.02 Å². The van der Waals surface area contributed by atoms with Crippen molar-refractivity contribution in [2.45, 2.75) is 58.8 Å². The molecule has 1 N–H and O–H groups in total. The van der Waals surface area contributed by atoms with Crippen molar-refractivity contribution in [2.24, 2.45) is 0 Å². The highest BCUT2D eigenvalue weighted by Crippen LogP contribution is 2.30. The number of fused-ring (bicyclic) bond motifs is 1. The molecule has 1 saturated heterocycles. The van der Waals surface area contributed by atoms with Gasteiger partial charge in [-0.15, -0.1) is 0 Å². The number of aromatic nitrogens is 4. The summed E-state index contributed by atoms with van der Waals surface area (Å²) in [6.45, 7) is 13.1. The molecule has 0 amide bonds. The predicted molar refractivity (Wildman–Crippen MR) is 149 cm³/mol. The van der Waals surface area contributed by atoms with Gasteiger partial charge in [0.1, 0.15) is 11.3 Å². The van der Waals surface area contributed by atoms with Gasteiger partial charge in [-0.05, 0) is 55.2 Å². The minimum Gasteiger partial charge on any atom is -0.373 e. The molecule has 5 rings (SSSR count). The van der Waals surface area contributed by atoms with E-state index in [4.69, 9.17) is 31.3 Å². The quantitative estimate of drug-likeness (QED) is 0.329. The van der Waals surface area contributed by atoms with Gasteiger partial charge in [0.2, 0.25) is 0 Å². The Labute approximate surface area is 223 Å². The number of nitrogens with zero attached hydrogens (tertiary/aromatic N) is 5. The van der Waals surface area contributed by atoms with E-state index in [2.05, 4.69) is 74.1 Å². The second-order valence-corrected chi connectivity index (χ2v) is 11.2. The highest BCUT2D eigenvalue weighted by atomic mass is 35.5. The molecule has 3 aromatic heterocycles. The summed E-state index contributed by atoms with van der Waals surface area (Å²) in [7, 11) is 0. The highest BCUT2D eigenvalue weighted by Gasteiger charge is 2.24. The maximum atomic E-state index is 6.43. The Morgan fingerprint density at radius 1 is 1.03 bits per heavy atom. The van der Waals surface area contributed by atoms with Gasteiger partial charge in [-0.3, -0.25) is 9.88 Å². The molecule has 4 heterocycles. The fraction of sp³-hybridized carbons (Fsp3) is 0.379. The first-order valence-electron chi connectivity index (χ1n) is 12.7. The van der Waals surface area contributed by atoms with Crippen LogP contribution in [0.3, 0.4) is 0 Å². The van der Waals surface area contributed by atoms with Crippen molar-refractivity contribution in [3.63, 3.8) is 0 Å². The van der Waals surface area contributed by atoms with Gasteiger partial charge in [-0.1, -0.05) is 44.5 Å². The van der Waals surface area contributed by atoms with Crippen molar-refractivity contribution >= 4 is 34.1 Å². The Hall–Kier alpha value is -3.13. The van der Waals surface area contributed by atoms with Gasteiger partial charge in [0.15, 0.2) is 5.82 Å². The topological polar surface area (TPSA) is 76.1 Å². The average Bonchev–Trinajstić information content (AvgIpc) is 2.83. The summed E-state index contributed by atoms with van der Waals surface area (Å²) >= 11 is 6.43. The molecule has 8 heteroatoms. The smallest absolute Gasteiger partial charge is 0.160 e. The number of ether oxygens (including phenoxy) is 1. The molecule has 0 aliphatic carbocycles. The lowest BCUT2D eigenvalue weighted by atomic mass is 9.87. The van der Waals surface area contributed by atoms with E-state index in [0.29, 0.717) is 28.6 Å². The molecule has 2 atom stereocenters. The van der Waals surface area contributed by atoms with Crippen molar-refractivity contribution in [2.75, 3.05) is 18.4 Å². The summed E-state index contributed by atoms with van der Waals surface area (Å²) in [6, 6.07) is 14.1. The summed E-state index contributed by atoms with van der Waals surface area (Å²) in [4.78, 5) is 21.4.